The second kappa shape index (κ2) is 6.83. The van der Waals surface area contributed by atoms with E-state index in [1.54, 1.807) is 26.7 Å². The average Bonchev–Trinajstić information content (AvgIpc) is 2.04. The Balaban J connectivity index is 3.29. The monoisotopic (exact) mass is 169 g/mol. The van der Waals surface area contributed by atoms with Gasteiger partial charge in [0.2, 0.25) is 0 Å². The molecule has 0 saturated heterocycles. The number of ether oxygens (including phenoxy) is 1. The van der Waals surface area contributed by atoms with Crippen molar-refractivity contribution >= 4 is 12.3 Å². The molecule has 0 aromatic rings. The Labute approximate surface area is 73.1 Å². The molecule has 3 radical (unpaired) electrons. The van der Waals surface area contributed by atoms with Crippen LogP contribution in [0.25, 0.3) is 0 Å². The molecule has 0 unspecified atom stereocenters. The van der Waals surface area contributed by atoms with Crippen molar-refractivity contribution in [2.75, 3.05) is 0 Å². The molecule has 0 aliphatic rings. The highest BCUT2D eigenvalue weighted by Crippen LogP contribution is 2.01. The molecule has 3 nitrogen and oxygen atoms in total. The molecule has 0 fully saturated rings. The van der Waals surface area contributed by atoms with Crippen molar-refractivity contribution in [3.8, 4) is 0 Å². The van der Waals surface area contributed by atoms with Crippen molar-refractivity contribution in [1.29, 1.82) is 0 Å². The van der Waals surface area contributed by atoms with E-state index < -0.39 is 0 Å². The molecule has 0 saturated carbocycles. The van der Waals surface area contributed by atoms with E-state index in [4.69, 9.17) is 0 Å². The summed E-state index contributed by atoms with van der Waals surface area (Å²) < 4.78 is 4.56. The minimum atomic E-state index is -0.275. The number of rotatable bonds is 7. The van der Waals surface area contributed by atoms with Gasteiger partial charge in [0.1, 0.15) is 11.9 Å². The smallest absolute Gasteiger partial charge is 0.293 e. The van der Waals surface area contributed by atoms with Gasteiger partial charge in [-0.1, -0.05) is 6.92 Å². The number of Topliss-reactive ketones (excluding diaryl/α,β-unsaturated/α-hetero) is 1. The fraction of sp³-hybridized carbons (Fsp3) is 0.444. The first kappa shape index (κ1) is 11.1. The molecule has 0 amide bonds. The van der Waals surface area contributed by atoms with Crippen LogP contribution in [0, 0.1) is 19.3 Å². The fourth-order valence-corrected chi connectivity index (χ4v) is 0.570. The molecule has 12 heavy (non-hydrogen) atoms. The molecule has 0 heterocycles. The fourth-order valence-electron chi connectivity index (χ4n) is 0.570. The van der Waals surface area contributed by atoms with Crippen molar-refractivity contribution in [3.63, 3.8) is 0 Å². The lowest BCUT2D eigenvalue weighted by molar-refractivity contribution is -0.131. The second-order valence-corrected chi connectivity index (χ2v) is 2.31. The predicted octanol–water partition coefficient (Wildman–Crippen LogP) is 1.14. The number of hydrogen-bond acceptors (Lipinski definition) is 3. The molecule has 3 heteroatoms. The zero-order valence-corrected chi connectivity index (χ0v) is 7.32. The van der Waals surface area contributed by atoms with Crippen LogP contribution in [0.4, 0.5) is 0 Å². The largest absolute Gasteiger partial charge is 0.465 e. The van der Waals surface area contributed by atoms with Gasteiger partial charge in [0.05, 0.1) is 0 Å². The highest BCUT2D eigenvalue weighted by atomic mass is 16.5. The van der Waals surface area contributed by atoms with Gasteiger partial charge in [-0.15, -0.1) is 0 Å². The van der Waals surface area contributed by atoms with Gasteiger partial charge >= 0.3 is 0 Å². The highest BCUT2D eigenvalue weighted by molar-refractivity contribution is 5.88. The van der Waals surface area contributed by atoms with Crippen LogP contribution in [0.5, 0.6) is 0 Å². The molecular weight excluding hydrogens is 156 g/mol. The van der Waals surface area contributed by atoms with Crippen LogP contribution in [0.15, 0.2) is 0 Å². The number of hydrogen-bond donors (Lipinski definition) is 0. The molecule has 0 bridgehead atoms. The lowest BCUT2D eigenvalue weighted by Crippen LogP contribution is -2.09. The topological polar surface area (TPSA) is 43.4 Å². The summed E-state index contributed by atoms with van der Waals surface area (Å²) in [5, 5.41) is 0. The third kappa shape index (κ3) is 5.89. The van der Waals surface area contributed by atoms with Crippen molar-refractivity contribution in [2.24, 2.45) is 0 Å². The Kier molecular flexibility index (Phi) is 6.34. The van der Waals surface area contributed by atoms with Gasteiger partial charge in [0, 0.05) is 19.3 Å². The third-order valence-corrected chi connectivity index (χ3v) is 1.28. The molecule has 0 aromatic carbocycles. The van der Waals surface area contributed by atoms with Gasteiger partial charge in [-0.05, 0) is 13.3 Å². The third-order valence-electron chi connectivity index (χ3n) is 1.28. The normalized spacial score (nSPS) is 12.2. The summed E-state index contributed by atoms with van der Waals surface area (Å²) in [7, 11) is 0. The zero-order chi connectivity index (χ0) is 9.40. The van der Waals surface area contributed by atoms with E-state index >= 15 is 0 Å². The summed E-state index contributed by atoms with van der Waals surface area (Å²) in [6, 6.07) is 0. The summed E-state index contributed by atoms with van der Waals surface area (Å²) in [6.45, 7) is 3.89. The number of carbonyl (C=O) groups is 2. The summed E-state index contributed by atoms with van der Waals surface area (Å²) in [6.07, 6.45) is 4.92. The molecule has 0 aliphatic carbocycles. The Bertz CT molecular complexity index is 143. The predicted molar refractivity (Wildman–Crippen MR) is 44.8 cm³/mol. The van der Waals surface area contributed by atoms with Crippen LogP contribution >= 0.6 is 0 Å². The molecule has 0 N–H and O–H groups in total. The van der Waals surface area contributed by atoms with Gasteiger partial charge in [0.15, 0.2) is 0 Å². The van der Waals surface area contributed by atoms with Gasteiger partial charge < -0.3 is 4.74 Å². The van der Waals surface area contributed by atoms with E-state index in [1.807, 2.05) is 0 Å². The zero-order valence-electron chi connectivity index (χ0n) is 7.32. The molecule has 67 valence electrons. The number of ketones is 1. The van der Waals surface area contributed by atoms with Crippen LogP contribution in [0.2, 0.25) is 0 Å². The van der Waals surface area contributed by atoms with Gasteiger partial charge in [-0.25, -0.2) is 0 Å². The molecule has 0 aromatic heterocycles. The summed E-state index contributed by atoms with van der Waals surface area (Å²) in [4.78, 5) is 20.6. The van der Waals surface area contributed by atoms with Crippen LogP contribution in [-0.2, 0) is 14.3 Å². The van der Waals surface area contributed by atoms with Crippen LogP contribution in [-0.4, -0.2) is 18.4 Å². The minimum absolute atomic E-state index is 0.0598. The van der Waals surface area contributed by atoms with Gasteiger partial charge in [-0.2, -0.15) is 0 Å². The SMILES string of the molecule is CCC(=O)[CH][CH][CH][C@H](C)OC=O. The van der Waals surface area contributed by atoms with E-state index in [2.05, 4.69) is 4.74 Å². The standard InChI is InChI=1S/C9H13O3/c1-3-9(11)6-4-5-8(2)12-7-10/h4-8H,3H2,1-2H3/t8-/m0/s1. The summed E-state index contributed by atoms with van der Waals surface area (Å²) >= 11 is 0. The maximum atomic E-state index is 10.7. The van der Waals surface area contributed by atoms with Crippen molar-refractivity contribution in [2.45, 2.75) is 26.4 Å². The van der Waals surface area contributed by atoms with Gasteiger partial charge in [0.25, 0.3) is 6.47 Å². The average molecular weight is 169 g/mol. The molecule has 0 aliphatic heterocycles. The first-order valence-corrected chi connectivity index (χ1v) is 3.84. The first-order chi connectivity index (χ1) is 5.70. The maximum Gasteiger partial charge on any atom is 0.293 e. The number of carbonyl (C=O) groups excluding carboxylic acids is 2. The van der Waals surface area contributed by atoms with E-state index in [-0.39, 0.29) is 11.9 Å². The Morgan fingerprint density at radius 1 is 1.58 bits per heavy atom. The quantitative estimate of drug-likeness (QED) is 0.537. The van der Waals surface area contributed by atoms with Crippen LogP contribution < -0.4 is 0 Å². The minimum Gasteiger partial charge on any atom is -0.465 e. The maximum absolute atomic E-state index is 10.7. The van der Waals surface area contributed by atoms with E-state index in [0.29, 0.717) is 12.9 Å². The van der Waals surface area contributed by atoms with Crippen molar-refractivity contribution < 1.29 is 14.3 Å². The van der Waals surface area contributed by atoms with E-state index in [0.717, 1.165) is 0 Å². The molecule has 0 spiro atoms. The van der Waals surface area contributed by atoms with E-state index in [9.17, 15) is 9.59 Å². The van der Waals surface area contributed by atoms with Crippen LogP contribution in [0.1, 0.15) is 20.3 Å². The molecule has 1 atom stereocenters. The van der Waals surface area contributed by atoms with Crippen LogP contribution in [0.3, 0.4) is 0 Å². The van der Waals surface area contributed by atoms with E-state index in [1.165, 1.54) is 6.42 Å². The lowest BCUT2D eigenvalue weighted by Gasteiger charge is -2.06. The van der Waals surface area contributed by atoms with Gasteiger partial charge in [-0.3, -0.25) is 9.59 Å². The molecule has 0 rings (SSSR count). The van der Waals surface area contributed by atoms with Crippen molar-refractivity contribution in [1.82, 2.24) is 0 Å². The Morgan fingerprint density at radius 2 is 2.25 bits per heavy atom. The lowest BCUT2D eigenvalue weighted by atomic mass is 10.1. The second-order valence-electron chi connectivity index (χ2n) is 2.31. The summed E-state index contributed by atoms with van der Waals surface area (Å²) in [5.41, 5.74) is 0. The summed E-state index contributed by atoms with van der Waals surface area (Å²) in [5.74, 6) is 0.0598. The van der Waals surface area contributed by atoms with Crippen molar-refractivity contribution in [3.05, 3.63) is 19.3 Å². The highest BCUT2D eigenvalue weighted by Gasteiger charge is 2.04. The molecular formula is C9H13O3. The first-order valence-electron chi connectivity index (χ1n) is 3.84. The Hall–Kier alpha value is -0.860. The Morgan fingerprint density at radius 3 is 2.75 bits per heavy atom.